The fourth-order valence-electron chi connectivity index (χ4n) is 2.75. The molecule has 1 aliphatic rings. The van der Waals surface area contributed by atoms with Crippen molar-refractivity contribution < 1.29 is 13.9 Å². The van der Waals surface area contributed by atoms with Gasteiger partial charge in [0, 0.05) is 19.6 Å². The number of hydrogen-bond acceptors (Lipinski definition) is 3. The first-order valence-electron chi connectivity index (χ1n) is 9.43. The molecule has 0 aromatic heterocycles. The number of ether oxygens (including phenoxy) is 1. The second-order valence-electron chi connectivity index (χ2n) is 5.43. The highest BCUT2D eigenvalue weighted by molar-refractivity contribution is 5.87. The number of carbonyl (C=O) groups is 1. The molecule has 3 nitrogen and oxygen atoms in total. The number of hydrogen-bond donors (Lipinski definition) is 0. The monoisotopic (exact) mass is 351 g/mol. The molecule has 0 amide bonds. The van der Waals surface area contributed by atoms with Crippen LogP contribution in [0, 0.1) is 5.92 Å². The van der Waals surface area contributed by atoms with E-state index in [0.717, 1.165) is 19.6 Å². The lowest BCUT2D eigenvalue weighted by atomic mass is 9.92. The molecule has 2 rings (SSSR count). The summed E-state index contributed by atoms with van der Waals surface area (Å²) in [6, 6.07) is 10.2. The standard InChI is InChI=1S/C17H22FNO2.2C2H6/c1-3-21-17(20)16(18)15-9-10-19(11-13(15)2)12-14-7-5-4-6-8-14;2*1-2/h4-8,13H,3,9-12H2,1-2H3;2*1-2H3/b16-15+;;. The molecule has 25 heavy (non-hydrogen) atoms. The van der Waals surface area contributed by atoms with Crippen LogP contribution in [0.1, 0.15) is 53.5 Å². The van der Waals surface area contributed by atoms with E-state index in [9.17, 15) is 9.18 Å². The number of halogens is 1. The molecule has 142 valence electrons. The third-order valence-corrected chi connectivity index (χ3v) is 3.81. The highest BCUT2D eigenvalue weighted by Crippen LogP contribution is 2.27. The maximum absolute atomic E-state index is 14.1. The molecule has 1 aliphatic heterocycles. The molecule has 0 radical (unpaired) electrons. The van der Waals surface area contributed by atoms with Gasteiger partial charge in [-0.2, -0.15) is 4.39 Å². The van der Waals surface area contributed by atoms with Crippen molar-refractivity contribution in [3.8, 4) is 0 Å². The first-order valence-corrected chi connectivity index (χ1v) is 9.43. The summed E-state index contributed by atoms with van der Waals surface area (Å²) in [5.74, 6) is -1.48. The lowest BCUT2D eigenvalue weighted by molar-refractivity contribution is -0.140. The summed E-state index contributed by atoms with van der Waals surface area (Å²) in [5.41, 5.74) is 1.85. The van der Waals surface area contributed by atoms with Gasteiger partial charge in [-0.1, -0.05) is 65.0 Å². The van der Waals surface area contributed by atoms with Crippen molar-refractivity contribution in [3.05, 3.63) is 47.3 Å². The van der Waals surface area contributed by atoms with Crippen LogP contribution in [0.2, 0.25) is 0 Å². The molecule has 0 spiro atoms. The molecule has 1 heterocycles. The summed E-state index contributed by atoms with van der Waals surface area (Å²) in [7, 11) is 0. The van der Waals surface area contributed by atoms with Gasteiger partial charge in [0.05, 0.1) is 6.61 Å². The van der Waals surface area contributed by atoms with Crippen LogP contribution in [-0.2, 0) is 16.1 Å². The average molecular weight is 352 g/mol. The summed E-state index contributed by atoms with van der Waals surface area (Å²) < 4.78 is 18.8. The Balaban J connectivity index is 0.00000134. The van der Waals surface area contributed by atoms with E-state index in [0.29, 0.717) is 12.0 Å². The van der Waals surface area contributed by atoms with Crippen LogP contribution in [0.15, 0.2) is 41.7 Å². The van der Waals surface area contributed by atoms with Gasteiger partial charge < -0.3 is 4.74 Å². The molecule has 0 bridgehead atoms. The molecule has 1 unspecified atom stereocenters. The molecule has 1 saturated heterocycles. The van der Waals surface area contributed by atoms with E-state index in [-0.39, 0.29) is 12.5 Å². The first kappa shape index (κ1) is 23.3. The summed E-state index contributed by atoms with van der Waals surface area (Å²) in [6.07, 6.45) is 0.582. The van der Waals surface area contributed by atoms with Crippen molar-refractivity contribution >= 4 is 5.97 Å². The van der Waals surface area contributed by atoms with Gasteiger partial charge in [0.2, 0.25) is 5.83 Å². The average Bonchev–Trinajstić information content (AvgIpc) is 2.66. The summed E-state index contributed by atoms with van der Waals surface area (Å²) >= 11 is 0. The van der Waals surface area contributed by atoms with Crippen molar-refractivity contribution in [2.75, 3.05) is 19.7 Å². The van der Waals surface area contributed by atoms with Crippen LogP contribution in [0.3, 0.4) is 0 Å². The Morgan fingerprint density at radius 1 is 1.20 bits per heavy atom. The van der Waals surface area contributed by atoms with E-state index in [1.807, 2.05) is 52.8 Å². The summed E-state index contributed by atoms with van der Waals surface area (Å²) in [6.45, 7) is 14.2. The third-order valence-electron chi connectivity index (χ3n) is 3.81. The highest BCUT2D eigenvalue weighted by atomic mass is 19.1. The largest absolute Gasteiger partial charge is 0.461 e. The van der Waals surface area contributed by atoms with Crippen molar-refractivity contribution in [1.29, 1.82) is 0 Å². The Morgan fingerprint density at radius 3 is 2.32 bits per heavy atom. The van der Waals surface area contributed by atoms with Crippen LogP contribution in [-0.4, -0.2) is 30.6 Å². The van der Waals surface area contributed by atoms with Gasteiger partial charge in [-0.25, -0.2) is 4.79 Å². The number of carbonyl (C=O) groups excluding carboxylic acids is 1. The minimum atomic E-state index is -0.823. The SMILES string of the molecule is CC.CC.CCOC(=O)/C(F)=C1/CCN(Cc2ccccc2)CC1C. The van der Waals surface area contributed by atoms with Crippen LogP contribution in [0.5, 0.6) is 0 Å². The lowest BCUT2D eigenvalue weighted by Gasteiger charge is -2.33. The van der Waals surface area contributed by atoms with E-state index in [2.05, 4.69) is 17.0 Å². The number of rotatable bonds is 4. The van der Waals surface area contributed by atoms with Crippen molar-refractivity contribution in [1.82, 2.24) is 4.90 Å². The smallest absolute Gasteiger partial charge is 0.367 e. The quantitative estimate of drug-likeness (QED) is 0.540. The van der Waals surface area contributed by atoms with Crippen LogP contribution < -0.4 is 0 Å². The molecule has 0 aliphatic carbocycles. The van der Waals surface area contributed by atoms with Crippen molar-refractivity contribution in [2.24, 2.45) is 5.92 Å². The van der Waals surface area contributed by atoms with Crippen LogP contribution in [0.25, 0.3) is 0 Å². The maximum atomic E-state index is 14.1. The van der Waals surface area contributed by atoms with E-state index in [1.165, 1.54) is 5.56 Å². The highest BCUT2D eigenvalue weighted by Gasteiger charge is 2.27. The van der Waals surface area contributed by atoms with E-state index < -0.39 is 11.8 Å². The molecule has 1 atom stereocenters. The zero-order valence-electron chi connectivity index (χ0n) is 16.6. The zero-order valence-corrected chi connectivity index (χ0v) is 16.6. The number of benzene rings is 1. The fourth-order valence-corrected chi connectivity index (χ4v) is 2.75. The van der Waals surface area contributed by atoms with Gasteiger partial charge in [0.1, 0.15) is 0 Å². The van der Waals surface area contributed by atoms with Crippen LogP contribution in [0.4, 0.5) is 4.39 Å². The van der Waals surface area contributed by atoms with Gasteiger partial charge in [0.15, 0.2) is 0 Å². The lowest BCUT2D eigenvalue weighted by Crippen LogP contribution is -2.36. The minimum absolute atomic E-state index is 0.0341. The summed E-state index contributed by atoms with van der Waals surface area (Å²) in [5, 5.41) is 0. The second-order valence-corrected chi connectivity index (χ2v) is 5.43. The molecule has 1 aromatic rings. The number of piperidine rings is 1. The Hall–Kier alpha value is -1.68. The maximum Gasteiger partial charge on any atom is 0.367 e. The van der Waals surface area contributed by atoms with Crippen molar-refractivity contribution in [3.63, 3.8) is 0 Å². The van der Waals surface area contributed by atoms with Gasteiger partial charge in [0.25, 0.3) is 0 Å². The number of esters is 1. The van der Waals surface area contributed by atoms with Gasteiger partial charge in [-0.3, -0.25) is 4.90 Å². The fraction of sp³-hybridized carbons (Fsp3) is 0.571. The van der Waals surface area contributed by atoms with Gasteiger partial charge in [-0.15, -0.1) is 0 Å². The Labute approximate surface area is 152 Å². The van der Waals surface area contributed by atoms with E-state index in [4.69, 9.17) is 4.74 Å². The Morgan fingerprint density at radius 2 is 1.80 bits per heavy atom. The van der Waals surface area contributed by atoms with Crippen molar-refractivity contribution in [2.45, 2.75) is 54.5 Å². The first-order chi connectivity index (χ1) is 12.1. The molecule has 1 aromatic carbocycles. The number of likely N-dealkylation sites (tertiary alicyclic amines) is 1. The second kappa shape index (κ2) is 13.6. The molecule has 1 fully saturated rings. The predicted molar refractivity (Wildman–Crippen MR) is 103 cm³/mol. The number of nitrogens with zero attached hydrogens (tertiary/aromatic N) is 1. The van der Waals surface area contributed by atoms with Crippen LogP contribution >= 0.6 is 0 Å². The minimum Gasteiger partial charge on any atom is -0.461 e. The Bertz CT molecular complexity index is 514. The summed E-state index contributed by atoms with van der Waals surface area (Å²) in [4.78, 5) is 13.8. The van der Waals surface area contributed by atoms with Gasteiger partial charge in [-0.05, 0) is 30.4 Å². The molecule has 4 heteroatoms. The predicted octanol–water partition coefficient (Wildman–Crippen LogP) is 5.37. The van der Waals surface area contributed by atoms with E-state index >= 15 is 0 Å². The third kappa shape index (κ3) is 7.82. The molecule has 0 saturated carbocycles. The topological polar surface area (TPSA) is 29.5 Å². The van der Waals surface area contributed by atoms with Gasteiger partial charge >= 0.3 is 5.97 Å². The van der Waals surface area contributed by atoms with E-state index in [1.54, 1.807) is 6.92 Å². The Kier molecular flexibility index (Phi) is 12.7. The molecular formula is C21H34FNO2. The normalized spacial score (nSPS) is 18.9. The molecule has 0 N–H and O–H groups in total. The molecular weight excluding hydrogens is 317 g/mol. The zero-order chi connectivity index (χ0) is 19.2.